The third-order valence-corrected chi connectivity index (χ3v) is 7.41. The van der Waals surface area contributed by atoms with E-state index in [9.17, 15) is 40.9 Å². The lowest BCUT2D eigenvalue weighted by molar-refractivity contribution is -0.437. The van der Waals surface area contributed by atoms with Crippen LogP contribution in [0.15, 0.2) is 0 Å². The monoisotopic (exact) mass is 527 g/mol. The van der Waals surface area contributed by atoms with Gasteiger partial charge in [0.2, 0.25) is 0 Å². The number of likely N-dealkylation sites (N-methyl/N-ethyl adjacent to an activating group) is 1. The van der Waals surface area contributed by atoms with Gasteiger partial charge < -0.3 is 81.3 Å². The highest BCUT2D eigenvalue weighted by atomic mass is 16.9. The summed E-state index contributed by atoms with van der Waals surface area (Å²) in [6.07, 6.45) is -17.6. The summed E-state index contributed by atoms with van der Waals surface area (Å²) in [5.74, 6) is -2.44. The third-order valence-electron chi connectivity index (χ3n) is 7.41. The molecule has 1 spiro atoms. The van der Waals surface area contributed by atoms with E-state index in [0.29, 0.717) is 0 Å². The molecule has 1 aliphatic carbocycles. The summed E-state index contributed by atoms with van der Waals surface area (Å²) in [5, 5.41) is 85.7. The van der Waals surface area contributed by atoms with Crippen LogP contribution in [0.25, 0.3) is 0 Å². The van der Waals surface area contributed by atoms with Gasteiger partial charge in [-0.3, -0.25) is 0 Å². The smallest absolute Gasteiger partial charge is 0.314 e. The van der Waals surface area contributed by atoms with Gasteiger partial charge in [-0.1, -0.05) is 0 Å². The van der Waals surface area contributed by atoms with E-state index in [2.05, 4.69) is 5.32 Å². The molecule has 16 heteroatoms. The zero-order valence-corrected chi connectivity index (χ0v) is 19.6. The molecule has 4 fully saturated rings. The molecule has 0 amide bonds. The molecule has 1 saturated carbocycles. The quantitative estimate of drug-likeness (QED) is 0.153. The van der Waals surface area contributed by atoms with Gasteiger partial charge in [-0.05, 0) is 13.5 Å². The summed E-state index contributed by atoms with van der Waals surface area (Å²) in [5.41, 5.74) is 11.7. The minimum absolute atomic E-state index is 0.261. The molecule has 36 heavy (non-hydrogen) atoms. The zero-order valence-electron chi connectivity index (χ0n) is 19.6. The molecule has 16 nitrogen and oxygen atoms in total. The molecule has 0 aromatic heterocycles. The Hall–Kier alpha value is -0.640. The van der Waals surface area contributed by atoms with Gasteiger partial charge in [0, 0.05) is 12.1 Å². The van der Waals surface area contributed by atoms with Crippen LogP contribution in [0.4, 0.5) is 0 Å². The Balaban J connectivity index is 1.56. The number of hydrogen-bond acceptors (Lipinski definition) is 16. The lowest BCUT2D eigenvalue weighted by atomic mass is 9.84. The number of aliphatic hydroxyl groups is 8. The first-order chi connectivity index (χ1) is 17.0. The normalized spacial score (nSPS) is 54.4. The number of hydrogen-bond donors (Lipinski definition) is 11. The van der Waals surface area contributed by atoms with Gasteiger partial charge in [0.1, 0.15) is 48.8 Å². The fraction of sp³-hybridized carbons (Fsp3) is 1.00. The summed E-state index contributed by atoms with van der Waals surface area (Å²) in [7, 11) is 1.60. The van der Waals surface area contributed by atoms with Crippen molar-refractivity contribution < 1.29 is 64.5 Å². The maximum Gasteiger partial charge on any atom is 0.314 e. The molecular weight excluding hydrogens is 490 g/mol. The Morgan fingerprint density at radius 3 is 2.22 bits per heavy atom. The minimum Gasteiger partial charge on any atom is -0.395 e. The summed E-state index contributed by atoms with van der Waals surface area (Å²) in [6, 6.07) is -2.46. The molecule has 0 aromatic rings. The van der Waals surface area contributed by atoms with E-state index in [4.69, 9.17) is 35.2 Å². The van der Waals surface area contributed by atoms with Crippen LogP contribution in [-0.2, 0) is 23.7 Å². The fourth-order valence-electron chi connectivity index (χ4n) is 5.25. The highest BCUT2D eigenvalue weighted by molar-refractivity contribution is 5.05. The number of ether oxygens (including phenoxy) is 5. The van der Waals surface area contributed by atoms with Crippen molar-refractivity contribution in [3.05, 3.63) is 0 Å². The largest absolute Gasteiger partial charge is 0.395 e. The topological polar surface area (TPSA) is 272 Å². The van der Waals surface area contributed by atoms with E-state index >= 15 is 0 Å². The Kier molecular flexibility index (Phi) is 8.55. The van der Waals surface area contributed by atoms with Crippen LogP contribution < -0.4 is 16.8 Å². The fourth-order valence-corrected chi connectivity index (χ4v) is 5.25. The third kappa shape index (κ3) is 4.68. The maximum atomic E-state index is 11.0. The Bertz CT molecular complexity index is 756. The molecule has 0 radical (unpaired) electrons. The first-order valence-corrected chi connectivity index (χ1v) is 11.8. The molecule has 16 atom stereocenters. The van der Waals surface area contributed by atoms with E-state index in [1.54, 1.807) is 7.05 Å². The van der Waals surface area contributed by atoms with Crippen molar-refractivity contribution in [2.75, 3.05) is 20.3 Å². The second-order valence-electron chi connectivity index (χ2n) is 9.72. The molecule has 13 N–H and O–H groups in total. The van der Waals surface area contributed by atoms with Gasteiger partial charge in [0.05, 0.1) is 31.5 Å². The Morgan fingerprint density at radius 1 is 0.944 bits per heavy atom. The van der Waals surface area contributed by atoms with Gasteiger partial charge in [-0.25, -0.2) is 0 Å². The van der Waals surface area contributed by atoms with Gasteiger partial charge in [-0.15, -0.1) is 0 Å². The molecule has 3 saturated heterocycles. The highest BCUT2D eigenvalue weighted by Gasteiger charge is 2.67. The summed E-state index contributed by atoms with van der Waals surface area (Å²) in [6.45, 7) is -1.31. The van der Waals surface area contributed by atoms with E-state index in [0.717, 1.165) is 0 Å². The van der Waals surface area contributed by atoms with Crippen LogP contribution in [-0.4, -0.2) is 159 Å². The molecule has 3 aliphatic heterocycles. The van der Waals surface area contributed by atoms with Crippen LogP contribution in [0, 0.1) is 0 Å². The van der Waals surface area contributed by atoms with Crippen molar-refractivity contribution in [3.8, 4) is 0 Å². The molecule has 0 bridgehead atoms. The number of aliphatic hydroxyl groups excluding tert-OH is 8. The van der Waals surface area contributed by atoms with Crippen LogP contribution in [0.2, 0.25) is 0 Å². The predicted octanol–water partition coefficient (Wildman–Crippen LogP) is -7.27. The standard InChI is InChI=1S/C20H37N3O13/c1-23-7-2-5(21)9(26)16(10(7)27)33-19-13(30)17-15(8(4-25)32-19)35-20(36-17)18(31)12(29)11(28)14(34-20)6(22)3-24/h5-19,23-31H,2-4,21-22H2,1H3/t5-,6?,7+,8-,9+,10-,11-,12+,13+,14-,15+,16-,17-,18?,19+,20?/m1/s1. The second-order valence-corrected chi connectivity index (χ2v) is 9.72. The van der Waals surface area contributed by atoms with Crippen molar-refractivity contribution in [1.82, 2.24) is 5.32 Å². The summed E-state index contributed by atoms with van der Waals surface area (Å²) < 4.78 is 28.5. The van der Waals surface area contributed by atoms with Crippen molar-refractivity contribution >= 4 is 0 Å². The van der Waals surface area contributed by atoms with Gasteiger partial charge in [-0.2, -0.15) is 0 Å². The molecule has 4 aliphatic rings. The molecule has 4 rings (SSSR count). The number of fused-ring (bicyclic) bond motifs is 1. The highest BCUT2D eigenvalue weighted by Crippen LogP contribution is 2.45. The van der Waals surface area contributed by atoms with E-state index in [1.807, 2.05) is 0 Å². The molecule has 3 unspecified atom stereocenters. The van der Waals surface area contributed by atoms with Crippen LogP contribution in [0.1, 0.15) is 6.42 Å². The first-order valence-electron chi connectivity index (χ1n) is 11.8. The van der Waals surface area contributed by atoms with Crippen LogP contribution in [0.5, 0.6) is 0 Å². The van der Waals surface area contributed by atoms with E-state index in [1.165, 1.54) is 0 Å². The Labute approximate surface area is 206 Å². The Morgan fingerprint density at radius 2 is 1.61 bits per heavy atom. The van der Waals surface area contributed by atoms with Crippen LogP contribution in [0.3, 0.4) is 0 Å². The average molecular weight is 528 g/mol. The molecule has 210 valence electrons. The number of nitrogens with two attached hydrogens (primary N) is 2. The summed E-state index contributed by atoms with van der Waals surface area (Å²) in [4.78, 5) is 0. The summed E-state index contributed by atoms with van der Waals surface area (Å²) >= 11 is 0. The molecular formula is C20H37N3O13. The SMILES string of the molecule is CN[C@H]1C[C@@H](N)[C@H](O)[C@@H](O[C@@H]2O[C@H](CO)[C@@H]3OC4(O[C@@H]3[C@@H]2O)O[C@H](C(N)CO)[C@H](O)[C@H](O)C4O)[C@@H]1O. The maximum absolute atomic E-state index is 11.0. The van der Waals surface area contributed by atoms with Gasteiger partial charge in [0.25, 0.3) is 0 Å². The van der Waals surface area contributed by atoms with Gasteiger partial charge >= 0.3 is 5.97 Å². The average Bonchev–Trinajstić information content (AvgIpc) is 3.26. The first kappa shape index (κ1) is 28.4. The van der Waals surface area contributed by atoms with Crippen molar-refractivity contribution in [3.63, 3.8) is 0 Å². The molecule has 3 heterocycles. The number of nitrogens with one attached hydrogen (secondary N) is 1. The van der Waals surface area contributed by atoms with Crippen molar-refractivity contribution in [2.24, 2.45) is 11.5 Å². The van der Waals surface area contributed by atoms with E-state index in [-0.39, 0.29) is 6.42 Å². The van der Waals surface area contributed by atoms with Crippen molar-refractivity contribution in [2.45, 2.75) is 104 Å². The second kappa shape index (κ2) is 10.9. The number of rotatable bonds is 6. The lowest BCUT2D eigenvalue weighted by Gasteiger charge is -2.46. The zero-order chi connectivity index (χ0) is 26.5. The van der Waals surface area contributed by atoms with E-state index < -0.39 is 111 Å². The minimum atomic E-state index is -2.44. The predicted molar refractivity (Wildman–Crippen MR) is 115 cm³/mol. The molecule has 0 aromatic carbocycles. The lowest BCUT2D eigenvalue weighted by Crippen LogP contribution is -2.68. The van der Waals surface area contributed by atoms with Crippen molar-refractivity contribution in [1.29, 1.82) is 0 Å². The van der Waals surface area contributed by atoms with Crippen LogP contribution >= 0.6 is 0 Å². The van der Waals surface area contributed by atoms with Gasteiger partial charge in [0.15, 0.2) is 12.4 Å².